The molecule has 92 valence electrons. The molecule has 0 saturated heterocycles. The molecule has 0 spiro atoms. The number of nitrogen functional groups attached to an aromatic ring is 1. The van der Waals surface area contributed by atoms with Crippen molar-refractivity contribution in [2.45, 2.75) is 10.6 Å². The number of thioether (sulfide) groups is 1. The lowest BCUT2D eigenvalue weighted by Crippen LogP contribution is -2.03. The zero-order valence-corrected chi connectivity index (χ0v) is 10.4. The molecule has 3 N–H and O–H groups in total. The molecule has 2 rings (SSSR count). The van der Waals surface area contributed by atoms with Crippen LogP contribution in [-0.4, -0.2) is 16.1 Å². The number of anilines is 1. The Morgan fingerprint density at radius 2 is 2.00 bits per heavy atom. The zero-order valence-electron chi connectivity index (χ0n) is 9.54. The van der Waals surface area contributed by atoms with E-state index in [0.717, 1.165) is 4.90 Å². The zero-order chi connectivity index (χ0) is 13.0. The summed E-state index contributed by atoms with van der Waals surface area (Å²) in [6, 6.07) is 10.6. The Labute approximate surface area is 109 Å². The third-order valence-electron chi connectivity index (χ3n) is 2.38. The Kier molecular flexibility index (Phi) is 3.84. The molecule has 0 saturated carbocycles. The van der Waals surface area contributed by atoms with Crippen molar-refractivity contribution >= 4 is 23.4 Å². The highest BCUT2D eigenvalue weighted by Gasteiger charge is 2.10. The number of rotatable bonds is 4. The molecular weight excluding hydrogens is 248 g/mol. The van der Waals surface area contributed by atoms with Crippen LogP contribution >= 0.6 is 11.8 Å². The number of hydrogen-bond donors (Lipinski definition) is 2. The van der Waals surface area contributed by atoms with E-state index >= 15 is 0 Å². The van der Waals surface area contributed by atoms with Crippen LogP contribution in [0.3, 0.4) is 0 Å². The molecule has 4 nitrogen and oxygen atoms in total. The van der Waals surface area contributed by atoms with Gasteiger partial charge < -0.3 is 10.8 Å². The van der Waals surface area contributed by atoms with Crippen LogP contribution in [0.2, 0.25) is 0 Å². The third kappa shape index (κ3) is 3.01. The Morgan fingerprint density at radius 3 is 2.67 bits per heavy atom. The first-order valence-corrected chi connectivity index (χ1v) is 6.31. The summed E-state index contributed by atoms with van der Waals surface area (Å²) in [4.78, 5) is 16.2. The van der Waals surface area contributed by atoms with Gasteiger partial charge in [0.25, 0.3) is 0 Å². The molecule has 0 radical (unpaired) electrons. The van der Waals surface area contributed by atoms with Crippen molar-refractivity contribution in [1.82, 2.24) is 4.98 Å². The molecule has 0 aliphatic rings. The number of pyridine rings is 1. The second-order valence-corrected chi connectivity index (χ2v) is 4.71. The molecule has 0 unspecified atom stereocenters. The van der Waals surface area contributed by atoms with E-state index < -0.39 is 5.97 Å². The highest BCUT2D eigenvalue weighted by molar-refractivity contribution is 7.98. The first-order valence-electron chi connectivity index (χ1n) is 5.32. The van der Waals surface area contributed by atoms with E-state index in [-0.39, 0.29) is 5.56 Å². The number of nitrogens with zero attached hydrogens (tertiary/aromatic N) is 1. The summed E-state index contributed by atoms with van der Waals surface area (Å²) in [6.45, 7) is 0. The fourth-order valence-electron chi connectivity index (χ4n) is 1.46. The third-order valence-corrected chi connectivity index (χ3v) is 3.40. The van der Waals surface area contributed by atoms with E-state index in [1.165, 1.54) is 11.8 Å². The average molecular weight is 260 g/mol. The minimum atomic E-state index is -0.948. The molecule has 18 heavy (non-hydrogen) atoms. The largest absolute Gasteiger partial charge is 0.478 e. The van der Waals surface area contributed by atoms with Crippen molar-refractivity contribution in [2.75, 3.05) is 5.73 Å². The maximum absolute atomic E-state index is 11.0. The Bertz CT molecular complexity index is 555. The molecule has 1 aromatic heterocycles. The summed E-state index contributed by atoms with van der Waals surface area (Å²) in [6.07, 6.45) is 1.60. The maximum Gasteiger partial charge on any atom is 0.337 e. The second-order valence-electron chi connectivity index (χ2n) is 3.66. The quantitative estimate of drug-likeness (QED) is 0.653. The van der Waals surface area contributed by atoms with Crippen LogP contribution in [0.15, 0.2) is 47.5 Å². The van der Waals surface area contributed by atoms with Crippen LogP contribution in [0.25, 0.3) is 0 Å². The van der Waals surface area contributed by atoms with Crippen LogP contribution in [0.4, 0.5) is 5.69 Å². The predicted molar refractivity (Wildman–Crippen MR) is 71.6 cm³/mol. The van der Waals surface area contributed by atoms with E-state index in [4.69, 9.17) is 10.8 Å². The van der Waals surface area contributed by atoms with Gasteiger partial charge in [0.1, 0.15) is 0 Å². The molecule has 2 aromatic rings. The summed E-state index contributed by atoms with van der Waals surface area (Å²) < 4.78 is 0. The summed E-state index contributed by atoms with van der Waals surface area (Å²) >= 11 is 1.53. The van der Waals surface area contributed by atoms with Gasteiger partial charge in [0, 0.05) is 22.5 Å². The number of carboxylic acids is 1. The lowest BCUT2D eigenvalue weighted by atomic mass is 10.2. The molecule has 0 aliphatic heterocycles. The fourth-order valence-corrected chi connectivity index (χ4v) is 2.33. The maximum atomic E-state index is 11.0. The lowest BCUT2D eigenvalue weighted by molar-refractivity contribution is 0.0695. The van der Waals surface area contributed by atoms with Crippen LogP contribution in [0, 0.1) is 0 Å². The van der Waals surface area contributed by atoms with Gasteiger partial charge in [0.05, 0.1) is 11.3 Å². The first-order chi connectivity index (χ1) is 8.66. The van der Waals surface area contributed by atoms with Gasteiger partial charge in [-0.05, 0) is 36.4 Å². The first kappa shape index (κ1) is 12.4. The number of aromatic nitrogens is 1. The van der Waals surface area contributed by atoms with Gasteiger partial charge in [-0.25, -0.2) is 4.79 Å². The van der Waals surface area contributed by atoms with E-state index in [9.17, 15) is 4.79 Å². The standard InChI is InChI=1S/C13H12N2O2S/c14-9-3-5-10(6-4-9)18-8-12-11(13(16)17)2-1-7-15-12/h1-7H,8,14H2,(H,16,17). The van der Waals surface area contributed by atoms with E-state index in [2.05, 4.69) is 4.98 Å². The Morgan fingerprint density at radius 1 is 1.28 bits per heavy atom. The number of hydrogen-bond acceptors (Lipinski definition) is 4. The molecule has 0 aliphatic carbocycles. The van der Waals surface area contributed by atoms with Crippen LogP contribution in [-0.2, 0) is 5.75 Å². The summed E-state index contributed by atoms with van der Waals surface area (Å²) in [7, 11) is 0. The minimum absolute atomic E-state index is 0.250. The monoisotopic (exact) mass is 260 g/mol. The van der Waals surface area contributed by atoms with Gasteiger partial charge >= 0.3 is 5.97 Å². The van der Waals surface area contributed by atoms with Crippen molar-refractivity contribution in [3.8, 4) is 0 Å². The van der Waals surface area contributed by atoms with Gasteiger partial charge in [-0.15, -0.1) is 11.8 Å². The minimum Gasteiger partial charge on any atom is -0.478 e. The highest BCUT2D eigenvalue weighted by atomic mass is 32.2. The van der Waals surface area contributed by atoms with Crippen LogP contribution in [0.5, 0.6) is 0 Å². The molecule has 5 heteroatoms. The Balaban J connectivity index is 2.10. The van der Waals surface area contributed by atoms with Crippen molar-refractivity contribution in [3.63, 3.8) is 0 Å². The number of carboxylic acid groups (broad SMARTS) is 1. The smallest absolute Gasteiger partial charge is 0.337 e. The van der Waals surface area contributed by atoms with Crippen molar-refractivity contribution in [3.05, 3.63) is 53.9 Å². The van der Waals surface area contributed by atoms with Gasteiger partial charge in [-0.2, -0.15) is 0 Å². The molecule has 0 bridgehead atoms. The molecule has 1 aromatic carbocycles. The summed E-state index contributed by atoms with van der Waals surface area (Å²) in [5.74, 6) is -0.428. The molecule has 0 fully saturated rings. The second kappa shape index (κ2) is 5.55. The predicted octanol–water partition coefficient (Wildman–Crippen LogP) is 2.65. The normalized spacial score (nSPS) is 10.2. The summed E-state index contributed by atoms with van der Waals surface area (Å²) in [5, 5.41) is 9.03. The summed E-state index contributed by atoms with van der Waals surface area (Å²) in [5.41, 5.74) is 7.14. The highest BCUT2D eigenvalue weighted by Crippen LogP contribution is 2.24. The number of nitrogens with two attached hydrogens (primary N) is 1. The number of aromatic carboxylic acids is 1. The number of benzene rings is 1. The Hall–Kier alpha value is -2.01. The van der Waals surface area contributed by atoms with Gasteiger partial charge in [0.2, 0.25) is 0 Å². The van der Waals surface area contributed by atoms with Crippen LogP contribution < -0.4 is 5.73 Å². The number of carbonyl (C=O) groups is 1. The van der Waals surface area contributed by atoms with Crippen molar-refractivity contribution in [1.29, 1.82) is 0 Å². The van der Waals surface area contributed by atoms with Gasteiger partial charge in [-0.3, -0.25) is 4.98 Å². The van der Waals surface area contributed by atoms with E-state index in [1.807, 2.05) is 24.3 Å². The average Bonchev–Trinajstić information content (AvgIpc) is 2.38. The lowest BCUT2D eigenvalue weighted by Gasteiger charge is -2.05. The fraction of sp³-hybridized carbons (Fsp3) is 0.0769. The van der Waals surface area contributed by atoms with Crippen molar-refractivity contribution < 1.29 is 9.90 Å². The molecule has 0 atom stereocenters. The SMILES string of the molecule is Nc1ccc(SCc2ncccc2C(=O)O)cc1. The molecule has 1 heterocycles. The van der Waals surface area contributed by atoms with E-state index in [0.29, 0.717) is 17.1 Å². The molecule has 0 amide bonds. The van der Waals surface area contributed by atoms with E-state index in [1.54, 1.807) is 18.3 Å². The molecular formula is C13H12N2O2S. The topological polar surface area (TPSA) is 76.2 Å². The van der Waals surface area contributed by atoms with Crippen LogP contribution in [0.1, 0.15) is 16.1 Å². The van der Waals surface area contributed by atoms with Gasteiger partial charge in [-0.1, -0.05) is 0 Å². The van der Waals surface area contributed by atoms with Gasteiger partial charge in [0.15, 0.2) is 0 Å². The van der Waals surface area contributed by atoms with Crippen molar-refractivity contribution in [2.24, 2.45) is 0 Å².